The molecule has 2 aliphatic carbocycles. The molecule has 2 saturated carbocycles. The normalized spacial score (nSPS) is 19.7. The van der Waals surface area contributed by atoms with E-state index in [-0.39, 0.29) is 5.41 Å². The summed E-state index contributed by atoms with van der Waals surface area (Å²) < 4.78 is 0. The number of nitrogens with zero attached hydrogens (tertiary/aromatic N) is 3. The summed E-state index contributed by atoms with van der Waals surface area (Å²) in [5, 5.41) is 4.66. The van der Waals surface area contributed by atoms with Gasteiger partial charge in [0.15, 0.2) is 0 Å². The summed E-state index contributed by atoms with van der Waals surface area (Å²) in [4.78, 5) is 15.9. The van der Waals surface area contributed by atoms with Crippen molar-refractivity contribution in [3.05, 3.63) is 77.7 Å². The average molecular weight is 436 g/mol. The molecule has 0 amide bonds. The van der Waals surface area contributed by atoms with Crippen LogP contribution in [0.3, 0.4) is 0 Å². The van der Waals surface area contributed by atoms with Crippen molar-refractivity contribution in [2.24, 2.45) is 0 Å². The molecule has 4 heterocycles. The van der Waals surface area contributed by atoms with Crippen LogP contribution in [0.15, 0.2) is 60.9 Å². The number of aromatic amines is 1. The predicted molar refractivity (Wildman–Crippen MR) is 133 cm³/mol. The van der Waals surface area contributed by atoms with E-state index in [0.29, 0.717) is 5.92 Å². The zero-order valence-electron chi connectivity index (χ0n) is 18.8. The number of hydrogen-bond acceptors (Lipinski definition) is 4. The van der Waals surface area contributed by atoms with Gasteiger partial charge in [0.05, 0.1) is 5.69 Å². The van der Waals surface area contributed by atoms with Gasteiger partial charge in [0, 0.05) is 66.3 Å². The fourth-order valence-corrected chi connectivity index (χ4v) is 5.59. The van der Waals surface area contributed by atoms with E-state index in [1.165, 1.54) is 59.1 Å². The number of rotatable bonds is 5. The maximum atomic E-state index is 4.98. The van der Waals surface area contributed by atoms with Crippen LogP contribution in [0.5, 0.6) is 0 Å². The van der Waals surface area contributed by atoms with Crippen LogP contribution >= 0.6 is 0 Å². The van der Waals surface area contributed by atoms with Crippen LogP contribution in [0.2, 0.25) is 0 Å². The van der Waals surface area contributed by atoms with Gasteiger partial charge in [-0.3, -0.25) is 4.98 Å². The molecule has 1 aromatic carbocycles. The molecule has 1 aliphatic heterocycles. The molecule has 0 bridgehead atoms. The van der Waals surface area contributed by atoms with Crippen molar-refractivity contribution in [1.82, 2.24) is 20.3 Å². The highest BCUT2D eigenvalue weighted by molar-refractivity contribution is 5.93. The van der Waals surface area contributed by atoms with E-state index in [2.05, 4.69) is 74.9 Å². The molecule has 3 aliphatic rings. The molecule has 0 spiro atoms. The molecule has 4 aromatic rings. The molecule has 33 heavy (non-hydrogen) atoms. The molecule has 166 valence electrons. The van der Waals surface area contributed by atoms with Crippen LogP contribution in [-0.4, -0.2) is 41.1 Å². The molecule has 0 unspecified atom stereocenters. The number of H-pyrrole nitrogens is 1. The van der Waals surface area contributed by atoms with Crippen molar-refractivity contribution in [3.8, 4) is 11.3 Å². The highest BCUT2D eigenvalue weighted by Gasteiger charge is 2.47. The lowest BCUT2D eigenvalue weighted by atomic mass is 9.92. The summed E-state index contributed by atoms with van der Waals surface area (Å²) in [6.45, 7) is 4.21. The van der Waals surface area contributed by atoms with Crippen LogP contribution in [0.4, 0.5) is 5.69 Å². The fraction of sp³-hybridized carbons (Fsp3) is 0.357. The van der Waals surface area contributed by atoms with E-state index in [0.717, 1.165) is 37.5 Å². The van der Waals surface area contributed by atoms with Crippen LogP contribution in [0.25, 0.3) is 22.3 Å². The first-order chi connectivity index (χ1) is 16.3. The van der Waals surface area contributed by atoms with Gasteiger partial charge in [0.1, 0.15) is 5.65 Å². The Morgan fingerprint density at radius 2 is 1.76 bits per heavy atom. The molecule has 7 rings (SSSR count). The lowest BCUT2D eigenvalue weighted by Crippen LogP contribution is -2.43. The first-order valence-corrected chi connectivity index (χ1v) is 12.3. The second-order valence-electron chi connectivity index (χ2n) is 9.89. The van der Waals surface area contributed by atoms with Gasteiger partial charge in [-0.25, -0.2) is 4.98 Å². The molecule has 0 radical (unpaired) electrons. The minimum Gasteiger partial charge on any atom is -0.369 e. The first-order valence-electron chi connectivity index (χ1n) is 12.3. The Labute approximate surface area is 194 Å². The fourth-order valence-electron chi connectivity index (χ4n) is 5.59. The predicted octanol–water partition coefficient (Wildman–Crippen LogP) is 4.99. The summed E-state index contributed by atoms with van der Waals surface area (Å²) in [5.74, 6) is 0.688. The maximum Gasteiger partial charge on any atom is 0.138 e. The quantitative estimate of drug-likeness (QED) is 0.464. The molecule has 5 nitrogen and oxygen atoms in total. The third-order valence-corrected chi connectivity index (χ3v) is 7.79. The molecule has 2 N–H and O–H groups in total. The molecule has 3 fully saturated rings. The molecule has 3 aromatic heterocycles. The Hall–Kier alpha value is -3.18. The van der Waals surface area contributed by atoms with Gasteiger partial charge in [-0.2, -0.15) is 0 Å². The highest BCUT2D eigenvalue weighted by atomic mass is 15.2. The molecular formula is C28H29N5. The number of pyridine rings is 2. The number of aromatic nitrogens is 3. The third-order valence-electron chi connectivity index (χ3n) is 7.79. The number of hydrogen-bond donors (Lipinski definition) is 2. The highest BCUT2D eigenvalue weighted by Crippen LogP contribution is 2.53. The first kappa shape index (κ1) is 19.3. The van der Waals surface area contributed by atoms with Gasteiger partial charge >= 0.3 is 0 Å². The Morgan fingerprint density at radius 1 is 0.939 bits per heavy atom. The number of benzene rings is 1. The van der Waals surface area contributed by atoms with Crippen LogP contribution in [0.1, 0.15) is 48.4 Å². The summed E-state index contributed by atoms with van der Waals surface area (Å²) in [5.41, 5.74) is 8.78. The van der Waals surface area contributed by atoms with Gasteiger partial charge in [-0.05, 0) is 60.9 Å². The summed E-state index contributed by atoms with van der Waals surface area (Å²) in [6, 6.07) is 17.7. The molecule has 0 atom stereocenters. The number of piperazine rings is 1. The summed E-state index contributed by atoms with van der Waals surface area (Å²) in [7, 11) is 0. The average Bonchev–Trinajstić information content (AvgIpc) is 3.82. The minimum atomic E-state index is 0.106. The van der Waals surface area contributed by atoms with Crippen LogP contribution < -0.4 is 10.2 Å². The van der Waals surface area contributed by atoms with E-state index in [4.69, 9.17) is 4.98 Å². The van der Waals surface area contributed by atoms with Gasteiger partial charge in [0.25, 0.3) is 0 Å². The van der Waals surface area contributed by atoms with Crippen molar-refractivity contribution in [1.29, 1.82) is 0 Å². The van der Waals surface area contributed by atoms with Crippen molar-refractivity contribution in [2.75, 3.05) is 31.1 Å². The van der Waals surface area contributed by atoms with E-state index < -0.39 is 0 Å². The number of fused-ring (bicyclic) bond motifs is 1. The summed E-state index contributed by atoms with van der Waals surface area (Å²) >= 11 is 0. The Balaban J connectivity index is 1.32. The smallest absolute Gasteiger partial charge is 0.138 e. The Morgan fingerprint density at radius 3 is 2.52 bits per heavy atom. The van der Waals surface area contributed by atoms with Crippen LogP contribution in [0, 0.1) is 0 Å². The molecular weight excluding hydrogens is 406 g/mol. The second-order valence-corrected chi connectivity index (χ2v) is 9.89. The Bertz CT molecular complexity index is 1310. The topological polar surface area (TPSA) is 56.8 Å². The van der Waals surface area contributed by atoms with Gasteiger partial charge in [-0.1, -0.05) is 30.3 Å². The lowest BCUT2D eigenvalue weighted by Gasteiger charge is -2.31. The lowest BCUT2D eigenvalue weighted by molar-refractivity contribution is 0.587. The SMILES string of the molecule is c1ccc(C2(c3cc4c(-c5cc(N6CCNCC6)c(C6CC6)cn5)ccnc4[nH]3)CC2)cc1. The van der Waals surface area contributed by atoms with Crippen molar-refractivity contribution < 1.29 is 0 Å². The minimum absolute atomic E-state index is 0.106. The standard InChI is InChI=1S/C28H29N5/c1-2-4-20(5-3-1)28(9-10-28)26-16-22-21(8-11-30-27(22)32-26)24-17-25(33-14-12-29-13-15-33)23(18-31-24)19-6-7-19/h1-5,8,11,16-19,29H,6-7,9-10,12-15H2,(H,30,32). The summed E-state index contributed by atoms with van der Waals surface area (Å²) in [6.07, 6.45) is 9.02. The van der Waals surface area contributed by atoms with Gasteiger partial charge in [-0.15, -0.1) is 0 Å². The van der Waals surface area contributed by atoms with E-state index in [1.54, 1.807) is 0 Å². The monoisotopic (exact) mass is 435 g/mol. The number of anilines is 1. The largest absolute Gasteiger partial charge is 0.369 e. The number of nitrogens with one attached hydrogen (secondary N) is 2. The van der Waals surface area contributed by atoms with Crippen LogP contribution in [-0.2, 0) is 5.41 Å². The zero-order valence-corrected chi connectivity index (χ0v) is 18.8. The second kappa shape index (κ2) is 7.42. The maximum absolute atomic E-state index is 4.98. The van der Waals surface area contributed by atoms with Gasteiger partial charge in [0.2, 0.25) is 0 Å². The van der Waals surface area contributed by atoms with E-state index in [9.17, 15) is 0 Å². The van der Waals surface area contributed by atoms with E-state index >= 15 is 0 Å². The van der Waals surface area contributed by atoms with E-state index in [1.807, 2.05) is 6.20 Å². The third kappa shape index (κ3) is 3.25. The molecule has 5 heteroatoms. The Kier molecular flexibility index (Phi) is 4.34. The van der Waals surface area contributed by atoms with Crippen molar-refractivity contribution >= 4 is 16.7 Å². The molecule has 1 saturated heterocycles. The van der Waals surface area contributed by atoms with Crippen molar-refractivity contribution in [3.63, 3.8) is 0 Å². The van der Waals surface area contributed by atoms with Crippen molar-refractivity contribution in [2.45, 2.75) is 37.0 Å². The van der Waals surface area contributed by atoms with Gasteiger partial charge < -0.3 is 15.2 Å². The zero-order chi connectivity index (χ0) is 21.8.